The fourth-order valence-electron chi connectivity index (χ4n) is 1.44. The quantitative estimate of drug-likeness (QED) is 0.830. The molecule has 5 heteroatoms. The summed E-state index contributed by atoms with van der Waals surface area (Å²) in [5.41, 5.74) is 6.36. The molecule has 2 rings (SSSR count). The van der Waals surface area contributed by atoms with E-state index in [4.69, 9.17) is 17.3 Å². The van der Waals surface area contributed by atoms with Gasteiger partial charge < -0.3 is 5.73 Å². The van der Waals surface area contributed by atoms with Crippen LogP contribution in [0.2, 0.25) is 5.02 Å². The van der Waals surface area contributed by atoms with Crippen molar-refractivity contribution in [1.29, 1.82) is 0 Å². The molecular formula is C11H9ClFN3. The van der Waals surface area contributed by atoms with E-state index in [-0.39, 0.29) is 11.4 Å². The Morgan fingerprint density at radius 2 is 2.12 bits per heavy atom. The Hall–Kier alpha value is -1.68. The summed E-state index contributed by atoms with van der Waals surface area (Å²) in [6, 6.07) is 4.45. The maximum atomic E-state index is 13.6. The van der Waals surface area contributed by atoms with E-state index in [1.165, 1.54) is 18.3 Å². The second-order valence-electron chi connectivity index (χ2n) is 3.31. The van der Waals surface area contributed by atoms with Gasteiger partial charge in [-0.2, -0.15) is 0 Å². The van der Waals surface area contributed by atoms with Gasteiger partial charge in [0.05, 0.1) is 5.02 Å². The molecule has 0 spiro atoms. The highest BCUT2D eigenvalue weighted by Gasteiger charge is 2.13. The second-order valence-corrected chi connectivity index (χ2v) is 3.72. The lowest BCUT2D eigenvalue weighted by molar-refractivity contribution is 0.631. The minimum absolute atomic E-state index is 0.222. The number of nitrogens with zero attached hydrogens (tertiary/aromatic N) is 2. The summed E-state index contributed by atoms with van der Waals surface area (Å²) >= 11 is 5.92. The van der Waals surface area contributed by atoms with Crippen LogP contribution in [0.5, 0.6) is 0 Å². The highest BCUT2D eigenvalue weighted by Crippen LogP contribution is 2.32. The number of rotatable bonds is 1. The number of hydrogen-bond acceptors (Lipinski definition) is 3. The molecule has 0 bridgehead atoms. The minimum Gasteiger partial charge on any atom is -0.383 e. The van der Waals surface area contributed by atoms with Crippen molar-refractivity contribution in [3.63, 3.8) is 0 Å². The first-order chi connectivity index (χ1) is 7.59. The van der Waals surface area contributed by atoms with E-state index < -0.39 is 5.82 Å². The van der Waals surface area contributed by atoms with Crippen molar-refractivity contribution in [2.24, 2.45) is 0 Å². The van der Waals surface area contributed by atoms with Crippen molar-refractivity contribution >= 4 is 17.4 Å². The highest BCUT2D eigenvalue weighted by molar-refractivity contribution is 6.33. The Morgan fingerprint density at radius 3 is 2.75 bits per heavy atom. The summed E-state index contributed by atoms with van der Waals surface area (Å²) < 4.78 is 13.6. The topological polar surface area (TPSA) is 51.8 Å². The fraction of sp³-hybridized carbons (Fsp3) is 0.0909. The van der Waals surface area contributed by atoms with Crippen LogP contribution in [-0.2, 0) is 0 Å². The van der Waals surface area contributed by atoms with Gasteiger partial charge in [0.25, 0.3) is 0 Å². The average molecular weight is 238 g/mol. The predicted molar refractivity (Wildman–Crippen MR) is 61.6 cm³/mol. The summed E-state index contributed by atoms with van der Waals surface area (Å²) in [6.45, 7) is 1.71. The zero-order valence-electron chi connectivity index (χ0n) is 8.54. The fourth-order valence-corrected chi connectivity index (χ4v) is 1.70. The molecule has 0 unspecified atom stereocenters. The minimum atomic E-state index is -0.438. The molecular weight excluding hydrogens is 229 g/mol. The molecule has 3 nitrogen and oxygen atoms in total. The van der Waals surface area contributed by atoms with E-state index >= 15 is 0 Å². The molecule has 0 fully saturated rings. The van der Waals surface area contributed by atoms with Gasteiger partial charge in [-0.25, -0.2) is 14.4 Å². The lowest BCUT2D eigenvalue weighted by Gasteiger charge is -2.08. The smallest absolute Gasteiger partial charge is 0.135 e. The number of nitrogens with two attached hydrogens (primary N) is 1. The van der Waals surface area contributed by atoms with Crippen molar-refractivity contribution in [2.75, 3.05) is 5.73 Å². The van der Waals surface area contributed by atoms with Gasteiger partial charge in [-0.15, -0.1) is 0 Å². The predicted octanol–water partition coefficient (Wildman–Crippen LogP) is 2.83. The van der Waals surface area contributed by atoms with Crippen LogP contribution in [0.15, 0.2) is 24.4 Å². The Bertz CT molecular complexity index is 522. The number of aryl methyl sites for hydroxylation is 1. The maximum Gasteiger partial charge on any atom is 0.135 e. The van der Waals surface area contributed by atoms with Gasteiger partial charge in [0.2, 0.25) is 0 Å². The Kier molecular flexibility index (Phi) is 2.75. The summed E-state index contributed by atoms with van der Waals surface area (Å²) in [6.07, 6.45) is 1.47. The molecule has 1 aromatic carbocycles. The number of hydrogen-bond donors (Lipinski definition) is 1. The largest absolute Gasteiger partial charge is 0.383 e. The molecule has 0 aliphatic carbocycles. The summed E-state index contributed by atoms with van der Waals surface area (Å²) in [7, 11) is 0. The number of aromatic nitrogens is 2. The standard InChI is InChI=1S/C11H9ClFN3/c1-6-15-5-7(11(14)16-6)10-8(12)3-2-4-9(10)13/h2-5H,1H3,(H2,14,15,16). The lowest BCUT2D eigenvalue weighted by atomic mass is 10.1. The Balaban J connectivity index is 2.68. The molecule has 0 aliphatic heterocycles. The highest BCUT2D eigenvalue weighted by atomic mass is 35.5. The normalized spacial score (nSPS) is 10.4. The van der Waals surface area contributed by atoms with E-state index in [0.717, 1.165) is 0 Å². The molecule has 0 atom stereocenters. The van der Waals surface area contributed by atoms with Crippen LogP contribution in [-0.4, -0.2) is 9.97 Å². The third kappa shape index (κ3) is 1.84. The number of anilines is 1. The van der Waals surface area contributed by atoms with Crippen LogP contribution in [0, 0.1) is 12.7 Å². The van der Waals surface area contributed by atoms with Crippen molar-refractivity contribution in [1.82, 2.24) is 9.97 Å². The first-order valence-corrected chi connectivity index (χ1v) is 5.01. The summed E-state index contributed by atoms with van der Waals surface area (Å²) in [4.78, 5) is 7.96. The van der Waals surface area contributed by atoms with Crippen LogP contribution >= 0.6 is 11.6 Å². The van der Waals surface area contributed by atoms with Crippen LogP contribution in [0.3, 0.4) is 0 Å². The molecule has 82 valence electrons. The number of halogens is 2. The number of benzene rings is 1. The first kappa shape index (κ1) is 10.8. The van der Waals surface area contributed by atoms with Gasteiger partial charge in [0, 0.05) is 17.3 Å². The molecule has 0 aliphatic rings. The van der Waals surface area contributed by atoms with Crippen LogP contribution in [0.1, 0.15) is 5.82 Å². The van der Waals surface area contributed by atoms with Gasteiger partial charge in [0.1, 0.15) is 17.5 Å². The molecule has 16 heavy (non-hydrogen) atoms. The molecule has 2 aromatic rings. The third-order valence-electron chi connectivity index (χ3n) is 2.17. The monoisotopic (exact) mass is 237 g/mol. The summed E-state index contributed by atoms with van der Waals surface area (Å²) in [5, 5.41) is 0.291. The molecule has 0 radical (unpaired) electrons. The van der Waals surface area contributed by atoms with E-state index in [0.29, 0.717) is 16.4 Å². The molecule has 1 heterocycles. The van der Waals surface area contributed by atoms with Gasteiger partial charge in [0.15, 0.2) is 0 Å². The van der Waals surface area contributed by atoms with Gasteiger partial charge in [-0.05, 0) is 19.1 Å². The lowest BCUT2D eigenvalue weighted by Crippen LogP contribution is -1.99. The van der Waals surface area contributed by atoms with Crippen LogP contribution in [0.25, 0.3) is 11.1 Å². The van der Waals surface area contributed by atoms with Crippen LogP contribution in [0.4, 0.5) is 10.2 Å². The van der Waals surface area contributed by atoms with Crippen molar-refractivity contribution in [3.8, 4) is 11.1 Å². The first-order valence-electron chi connectivity index (χ1n) is 4.63. The zero-order valence-corrected chi connectivity index (χ0v) is 9.29. The van der Waals surface area contributed by atoms with Gasteiger partial charge in [-0.3, -0.25) is 0 Å². The van der Waals surface area contributed by atoms with Crippen LogP contribution < -0.4 is 5.73 Å². The summed E-state index contributed by atoms with van der Waals surface area (Å²) in [5.74, 6) is 0.319. The van der Waals surface area contributed by atoms with Gasteiger partial charge >= 0.3 is 0 Å². The molecule has 1 aromatic heterocycles. The third-order valence-corrected chi connectivity index (χ3v) is 2.49. The molecule has 0 saturated carbocycles. The van der Waals surface area contributed by atoms with E-state index in [9.17, 15) is 4.39 Å². The second kappa shape index (κ2) is 4.06. The van der Waals surface area contributed by atoms with Crippen molar-refractivity contribution < 1.29 is 4.39 Å². The maximum absolute atomic E-state index is 13.6. The Morgan fingerprint density at radius 1 is 1.38 bits per heavy atom. The van der Waals surface area contributed by atoms with E-state index in [1.54, 1.807) is 13.0 Å². The molecule has 0 amide bonds. The number of nitrogen functional groups attached to an aromatic ring is 1. The van der Waals surface area contributed by atoms with Gasteiger partial charge in [-0.1, -0.05) is 17.7 Å². The Labute approximate surface area is 97.1 Å². The SMILES string of the molecule is Cc1ncc(-c2c(F)cccc2Cl)c(N)n1. The van der Waals surface area contributed by atoms with Crippen molar-refractivity contribution in [2.45, 2.75) is 6.92 Å². The van der Waals surface area contributed by atoms with E-state index in [2.05, 4.69) is 9.97 Å². The molecule has 2 N–H and O–H groups in total. The average Bonchev–Trinajstić information content (AvgIpc) is 2.20. The van der Waals surface area contributed by atoms with E-state index in [1.807, 2.05) is 0 Å². The molecule has 0 saturated heterocycles. The zero-order chi connectivity index (χ0) is 11.7. The van der Waals surface area contributed by atoms with Crippen molar-refractivity contribution in [3.05, 3.63) is 41.1 Å².